The molecule has 2 heterocycles. The Balaban J connectivity index is 1.83. The first kappa shape index (κ1) is 16.1. The Morgan fingerprint density at radius 2 is 2.05 bits per heavy atom. The van der Waals surface area contributed by atoms with Gasteiger partial charge in [-0.3, -0.25) is 4.99 Å². The van der Waals surface area contributed by atoms with Gasteiger partial charge in [-0.1, -0.05) is 36.7 Å². The second-order valence-corrected chi connectivity index (χ2v) is 9.49. The first-order chi connectivity index (χ1) is 10.5. The predicted molar refractivity (Wildman–Crippen MR) is 95.0 cm³/mol. The van der Waals surface area contributed by atoms with Crippen LogP contribution in [0.5, 0.6) is 0 Å². The van der Waals surface area contributed by atoms with E-state index in [2.05, 4.69) is 11.8 Å². The summed E-state index contributed by atoms with van der Waals surface area (Å²) in [5.74, 6) is 0.438. The third-order valence-electron chi connectivity index (χ3n) is 3.91. The van der Waals surface area contributed by atoms with Gasteiger partial charge in [0.1, 0.15) is 0 Å². The molecule has 0 amide bonds. The van der Waals surface area contributed by atoms with Crippen LogP contribution in [0.25, 0.3) is 0 Å². The highest BCUT2D eigenvalue weighted by Crippen LogP contribution is 2.37. The maximum absolute atomic E-state index is 11.7. The van der Waals surface area contributed by atoms with Crippen LogP contribution in [0.2, 0.25) is 5.02 Å². The van der Waals surface area contributed by atoms with Gasteiger partial charge >= 0.3 is 0 Å². The molecule has 0 radical (unpaired) electrons. The molecule has 0 aliphatic carbocycles. The molecule has 1 aromatic carbocycles. The van der Waals surface area contributed by atoms with E-state index in [0.29, 0.717) is 5.02 Å². The van der Waals surface area contributed by atoms with Gasteiger partial charge in [-0.05, 0) is 30.7 Å². The summed E-state index contributed by atoms with van der Waals surface area (Å²) in [7, 11) is -2.91. The van der Waals surface area contributed by atoms with E-state index in [4.69, 9.17) is 16.6 Å². The van der Waals surface area contributed by atoms with Crippen molar-refractivity contribution < 1.29 is 8.42 Å². The van der Waals surface area contributed by atoms with Crippen molar-refractivity contribution in [3.8, 4) is 0 Å². The number of hydrogen-bond acceptors (Lipinski definition) is 5. The van der Waals surface area contributed by atoms with Crippen molar-refractivity contribution in [3.05, 3.63) is 29.3 Å². The van der Waals surface area contributed by atoms with Crippen molar-refractivity contribution in [3.63, 3.8) is 0 Å². The van der Waals surface area contributed by atoms with E-state index >= 15 is 0 Å². The van der Waals surface area contributed by atoms with Gasteiger partial charge < -0.3 is 4.90 Å². The molecular weight excluding hydrogens is 340 g/mol. The van der Waals surface area contributed by atoms with Crippen molar-refractivity contribution >= 4 is 44.1 Å². The molecule has 2 aliphatic heterocycles. The van der Waals surface area contributed by atoms with Gasteiger partial charge in [0.05, 0.1) is 17.5 Å². The first-order valence-corrected chi connectivity index (χ1v) is 10.5. The van der Waals surface area contributed by atoms with Gasteiger partial charge in [-0.25, -0.2) is 8.42 Å². The van der Waals surface area contributed by atoms with E-state index in [0.717, 1.165) is 30.2 Å². The zero-order valence-electron chi connectivity index (χ0n) is 12.4. The normalized spacial score (nSPS) is 25.8. The van der Waals surface area contributed by atoms with Crippen LogP contribution in [0.4, 0.5) is 5.69 Å². The Hall–Kier alpha value is -0.720. The lowest BCUT2D eigenvalue weighted by molar-refractivity contribution is 0.601. The summed E-state index contributed by atoms with van der Waals surface area (Å²) in [6, 6.07) is 7.65. The van der Waals surface area contributed by atoms with Crippen molar-refractivity contribution in [2.24, 2.45) is 4.99 Å². The zero-order chi connectivity index (χ0) is 15.7. The molecule has 120 valence electrons. The Morgan fingerprint density at radius 3 is 2.68 bits per heavy atom. The monoisotopic (exact) mass is 358 g/mol. The van der Waals surface area contributed by atoms with Gasteiger partial charge in [0.15, 0.2) is 15.0 Å². The van der Waals surface area contributed by atoms with Crippen LogP contribution < -0.4 is 4.90 Å². The topological polar surface area (TPSA) is 49.7 Å². The van der Waals surface area contributed by atoms with Gasteiger partial charge in [0.2, 0.25) is 0 Å². The lowest BCUT2D eigenvalue weighted by Gasteiger charge is -2.24. The molecule has 0 N–H and O–H groups in total. The highest BCUT2D eigenvalue weighted by Gasteiger charge is 2.43. The van der Waals surface area contributed by atoms with Crippen LogP contribution in [0.1, 0.15) is 19.8 Å². The van der Waals surface area contributed by atoms with Crippen LogP contribution in [0.3, 0.4) is 0 Å². The quantitative estimate of drug-likeness (QED) is 0.829. The molecule has 7 heteroatoms. The van der Waals surface area contributed by atoms with Gasteiger partial charge in [-0.2, -0.15) is 0 Å². The molecule has 22 heavy (non-hydrogen) atoms. The molecule has 1 saturated heterocycles. The number of nitrogens with zero attached hydrogens (tertiary/aromatic N) is 2. The molecule has 2 unspecified atom stereocenters. The minimum absolute atomic E-state index is 0.0800. The number of thioether (sulfide) groups is 1. The minimum atomic E-state index is -2.91. The summed E-state index contributed by atoms with van der Waals surface area (Å²) in [6.07, 6.45) is 2.17. The number of unbranched alkanes of at least 4 members (excludes halogenated alkanes) is 1. The smallest absolute Gasteiger partial charge is 0.164 e. The fourth-order valence-corrected chi connectivity index (χ4v) is 6.68. The third-order valence-corrected chi connectivity index (χ3v) is 7.41. The van der Waals surface area contributed by atoms with E-state index in [-0.39, 0.29) is 22.8 Å². The number of hydrogen-bond donors (Lipinski definition) is 0. The molecule has 0 bridgehead atoms. The Bertz CT molecular complexity index is 673. The fraction of sp³-hybridized carbons (Fsp3) is 0.533. The van der Waals surface area contributed by atoms with E-state index in [9.17, 15) is 8.42 Å². The van der Waals surface area contributed by atoms with Gasteiger partial charge in [-0.15, -0.1) is 0 Å². The number of aliphatic imine (C=N–C) groups is 1. The molecule has 4 nitrogen and oxygen atoms in total. The number of anilines is 1. The lowest BCUT2D eigenvalue weighted by atomic mass is 10.2. The number of rotatable bonds is 4. The second kappa shape index (κ2) is 6.42. The summed E-state index contributed by atoms with van der Waals surface area (Å²) < 4.78 is 23.4. The number of sulfone groups is 1. The molecule has 0 saturated carbocycles. The molecule has 2 aliphatic rings. The zero-order valence-corrected chi connectivity index (χ0v) is 14.8. The Labute approximate surface area is 140 Å². The molecule has 2 atom stereocenters. The molecular formula is C15H19ClN2O2S2. The lowest BCUT2D eigenvalue weighted by Crippen LogP contribution is -2.29. The van der Waals surface area contributed by atoms with Crippen molar-refractivity contribution in [1.82, 2.24) is 0 Å². The molecule has 0 aromatic heterocycles. The van der Waals surface area contributed by atoms with Crippen LogP contribution >= 0.6 is 23.4 Å². The van der Waals surface area contributed by atoms with Gasteiger partial charge in [0, 0.05) is 22.5 Å². The molecule has 1 aromatic rings. The van der Waals surface area contributed by atoms with E-state index in [1.807, 2.05) is 24.3 Å². The Morgan fingerprint density at radius 1 is 1.32 bits per heavy atom. The highest BCUT2D eigenvalue weighted by atomic mass is 35.5. The maximum Gasteiger partial charge on any atom is 0.164 e. The molecule has 0 spiro atoms. The fourth-order valence-electron chi connectivity index (χ4n) is 2.74. The van der Waals surface area contributed by atoms with Gasteiger partial charge in [0.25, 0.3) is 0 Å². The molecule has 1 fully saturated rings. The number of amidine groups is 1. The SMILES string of the molecule is CCCCN(C1=NC2CS(=O)(=O)CC2S1)c1ccc(Cl)cc1. The summed E-state index contributed by atoms with van der Waals surface area (Å²) >= 11 is 7.57. The highest BCUT2D eigenvalue weighted by molar-refractivity contribution is 8.15. The van der Waals surface area contributed by atoms with E-state index < -0.39 is 9.84 Å². The van der Waals surface area contributed by atoms with E-state index in [1.165, 1.54) is 0 Å². The largest absolute Gasteiger partial charge is 0.321 e. The van der Waals surface area contributed by atoms with Crippen molar-refractivity contribution in [1.29, 1.82) is 0 Å². The van der Waals surface area contributed by atoms with Crippen LogP contribution in [0.15, 0.2) is 29.3 Å². The second-order valence-electron chi connectivity index (χ2n) is 5.69. The first-order valence-electron chi connectivity index (χ1n) is 7.46. The summed E-state index contributed by atoms with van der Waals surface area (Å²) in [5.41, 5.74) is 1.06. The molecule has 3 rings (SSSR count). The number of halogens is 1. The number of fused-ring (bicyclic) bond motifs is 1. The summed E-state index contributed by atoms with van der Waals surface area (Å²) in [6.45, 7) is 3.04. The summed E-state index contributed by atoms with van der Waals surface area (Å²) in [4.78, 5) is 6.88. The summed E-state index contributed by atoms with van der Waals surface area (Å²) in [5, 5.41) is 1.74. The maximum atomic E-state index is 11.7. The van der Waals surface area contributed by atoms with Crippen molar-refractivity contribution in [2.75, 3.05) is 23.0 Å². The van der Waals surface area contributed by atoms with E-state index in [1.54, 1.807) is 11.8 Å². The standard InChI is InChI=1S/C15H19ClN2O2S2/c1-2-3-8-18(12-6-4-11(16)5-7-12)15-17-13-9-22(19,20)10-14(13)21-15/h4-7,13-14H,2-3,8-10H2,1H3. The van der Waals surface area contributed by atoms with Crippen LogP contribution in [-0.2, 0) is 9.84 Å². The average Bonchev–Trinajstić information content (AvgIpc) is 2.94. The predicted octanol–water partition coefficient (Wildman–Crippen LogP) is 3.21. The number of benzene rings is 1. The van der Waals surface area contributed by atoms with Crippen LogP contribution in [-0.4, -0.2) is 42.9 Å². The third kappa shape index (κ3) is 3.44. The van der Waals surface area contributed by atoms with Crippen LogP contribution in [0, 0.1) is 0 Å². The van der Waals surface area contributed by atoms with Crippen molar-refractivity contribution in [2.45, 2.75) is 31.1 Å². The average molecular weight is 359 g/mol. The minimum Gasteiger partial charge on any atom is -0.321 e. The Kier molecular flexibility index (Phi) is 4.71.